The van der Waals surface area contributed by atoms with Gasteiger partial charge < -0.3 is 25.6 Å². The highest BCUT2D eigenvalue weighted by molar-refractivity contribution is 6.33. The number of carbonyl (C=O) groups excluding carboxylic acids is 1. The van der Waals surface area contributed by atoms with Crippen LogP contribution in [0.25, 0.3) is 0 Å². The van der Waals surface area contributed by atoms with Gasteiger partial charge in [-0.25, -0.2) is 4.79 Å². The molecule has 7 heteroatoms. The molecule has 1 saturated carbocycles. The van der Waals surface area contributed by atoms with Gasteiger partial charge in [-0.3, -0.25) is 0 Å². The molecule has 2 bridgehead atoms. The molecule has 5 rings (SSSR count). The molecule has 4 fully saturated rings. The number of anilines is 2. The number of carbonyl (C=O) groups is 1. The molecule has 1 aliphatic carbocycles. The number of urea groups is 1. The summed E-state index contributed by atoms with van der Waals surface area (Å²) in [7, 11) is 0. The lowest BCUT2D eigenvalue weighted by atomic mass is 9.74. The Morgan fingerprint density at radius 1 is 1.31 bits per heavy atom. The summed E-state index contributed by atoms with van der Waals surface area (Å²) in [6.45, 7) is 4.99. The Morgan fingerprint density at radius 3 is 2.73 bits per heavy atom. The third-order valence-electron chi connectivity index (χ3n) is 5.77. The zero-order chi connectivity index (χ0) is 18.3. The van der Waals surface area contributed by atoms with Crippen LogP contribution in [-0.4, -0.2) is 55.4 Å². The summed E-state index contributed by atoms with van der Waals surface area (Å²) in [6.07, 6.45) is 3.60. The summed E-state index contributed by atoms with van der Waals surface area (Å²) in [4.78, 5) is 16.9. The topological polar surface area (TPSA) is 70.8 Å². The smallest absolute Gasteiger partial charge is 0.322 e. The van der Waals surface area contributed by atoms with E-state index in [1.165, 1.54) is 0 Å². The molecule has 142 valence electrons. The summed E-state index contributed by atoms with van der Waals surface area (Å²) in [5.41, 5.74) is 7.20. The van der Waals surface area contributed by atoms with Gasteiger partial charge in [-0.15, -0.1) is 0 Å². The van der Waals surface area contributed by atoms with E-state index in [0.717, 1.165) is 49.6 Å². The second-order valence-electron chi connectivity index (χ2n) is 7.81. The van der Waals surface area contributed by atoms with Crippen LogP contribution in [0.5, 0.6) is 0 Å². The minimum Gasteiger partial charge on any atom is -0.373 e. The Bertz CT molecular complexity index is 668. The van der Waals surface area contributed by atoms with Crippen molar-refractivity contribution >= 4 is 29.0 Å². The lowest BCUT2D eigenvalue weighted by Crippen LogP contribution is -2.63. The molecule has 0 aromatic heterocycles. The maximum atomic E-state index is 12.7. The van der Waals surface area contributed by atoms with Gasteiger partial charge in [0.25, 0.3) is 0 Å². The molecule has 2 amide bonds. The summed E-state index contributed by atoms with van der Waals surface area (Å²) in [5, 5.41) is 3.75. The van der Waals surface area contributed by atoms with E-state index in [4.69, 9.17) is 22.1 Å². The molecular formula is C19H27ClN4O2. The van der Waals surface area contributed by atoms with Crippen LogP contribution in [0.2, 0.25) is 5.02 Å². The molecule has 3 saturated heterocycles. The summed E-state index contributed by atoms with van der Waals surface area (Å²) >= 11 is 6.36. The molecule has 3 aliphatic heterocycles. The van der Waals surface area contributed by atoms with E-state index in [2.05, 4.69) is 17.1 Å². The molecule has 1 aromatic carbocycles. The SMILES string of the molecule is CC1CC2CC(C1)N2C(=O)Nc1ccc(Cl)c(N2CC(OCCN)C2)c1. The fourth-order valence-corrected chi connectivity index (χ4v) is 4.71. The van der Waals surface area contributed by atoms with Crippen molar-refractivity contribution < 1.29 is 9.53 Å². The zero-order valence-corrected chi connectivity index (χ0v) is 15.9. The Labute approximate surface area is 159 Å². The van der Waals surface area contributed by atoms with Gasteiger partial charge in [0.15, 0.2) is 0 Å². The van der Waals surface area contributed by atoms with Crippen LogP contribution in [0, 0.1) is 5.92 Å². The molecule has 3 N–H and O–H groups in total. The van der Waals surface area contributed by atoms with E-state index in [9.17, 15) is 4.79 Å². The van der Waals surface area contributed by atoms with Gasteiger partial charge in [-0.1, -0.05) is 18.5 Å². The van der Waals surface area contributed by atoms with E-state index in [1.54, 1.807) is 0 Å². The molecule has 2 unspecified atom stereocenters. The number of benzene rings is 1. The summed E-state index contributed by atoms with van der Waals surface area (Å²) in [5.74, 6) is 0.728. The average Bonchev–Trinajstić information content (AvgIpc) is 2.55. The van der Waals surface area contributed by atoms with Crippen molar-refractivity contribution in [2.75, 3.05) is 36.5 Å². The third kappa shape index (κ3) is 3.38. The molecule has 0 radical (unpaired) electrons. The second kappa shape index (κ2) is 7.25. The number of piperidine rings is 1. The highest BCUT2D eigenvalue weighted by atomic mass is 35.5. The van der Waals surface area contributed by atoms with Crippen molar-refractivity contribution in [3.05, 3.63) is 23.2 Å². The maximum Gasteiger partial charge on any atom is 0.322 e. The van der Waals surface area contributed by atoms with E-state index in [0.29, 0.717) is 30.3 Å². The van der Waals surface area contributed by atoms with Crippen LogP contribution in [0.15, 0.2) is 18.2 Å². The number of nitrogens with zero attached hydrogens (tertiary/aromatic N) is 2. The Morgan fingerprint density at radius 2 is 2.04 bits per heavy atom. The lowest BCUT2D eigenvalue weighted by molar-refractivity contribution is -0.00601. The van der Waals surface area contributed by atoms with Gasteiger partial charge in [-0.2, -0.15) is 0 Å². The van der Waals surface area contributed by atoms with E-state index in [1.807, 2.05) is 23.1 Å². The normalized spacial score (nSPS) is 27.7. The summed E-state index contributed by atoms with van der Waals surface area (Å²) in [6, 6.07) is 6.50. The number of ether oxygens (including phenoxy) is 1. The van der Waals surface area contributed by atoms with Crippen LogP contribution < -0.4 is 16.0 Å². The lowest BCUT2D eigenvalue weighted by Gasteiger charge is -2.54. The minimum absolute atomic E-state index is 0.0131. The first-order valence-electron chi connectivity index (χ1n) is 9.50. The fourth-order valence-electron chi connectivity index (χ4n) is 4.47. The van der Waals surface area contributed by atoms with Crippen molar-refractivity contribution in [3.63, 3.8) is 0 Å². The highest BCUT2D eigenvalue weighted by Crippen LogP contribution is 2.41. The van der Waals surface area contributed by atoms with Gasteiger partial charge in [0.05, 0.1) is 23.4 Å². The quantitative estimate of drug-likeness (QED) is 0.826. The maximum absolute atomic E-state index is 12.7. The van der Waals surface area contributed by atoms with Crippen LogP contribution >= 0.6 is 11.6 Å². The number of nitrogens with two attached hydrogens (primary N) is 1. The van der Waals surface area contributed by atoms with Crippen LogP contribution in [0.3, 0.4) is 0 Å². The monoisotopic (exact) mass is 378 g/mol. The Hall–Kier alpha value is -1.50. The molecule has 2 atom stereocenters. The summed E-state index contributed by atoms with van der Waals surface area (Å²) < 4.78 is 5.63. The molecular weight excluding hydrogens is 352 g/mol. The molecule has 3 heterocycles. The molecule has 1 aromatic rings. The van der Waals surface area contributed by atoms with Gasteiger partial charge >= 0.3 is 6.03 Å². The molecule has 4 aliphatic rings. The minimum atomic E-state index is 0.0131. The first-order chi connectivity index (χ1) is 12.5. The third-order valence-corrected chi connectivity index (χ3v) is 6.09. The standard InChI is InChI=1S/C19H27ClN4O2/c1-12-6-14-9-15(7-12)24(14)19(25)22-13-2-3-17(20)18(8-13)23-10-16(11-23)26-5-4-21/h2-3,8,12,14-16H,4-7,9-11,21H2,1H3,(H,22,25). The van der Waals surface area contributed by atoms with E-state index < -0.39 is 0 Å². The molecule has 6 nitrogen and oxygen atoms in total. The fraction of sp³-hybridized carbons (Fsp3) is 0.632. The van der Waals surface area contributed by atoms with Gasteiger partial charge in [0.2, 0.25) is 0 Å². The first-order valence-corrected chi connectivity index (χ1v) is 9.88. The van der Waals surface area contributed by atoms with Crippen LogP contribution in [0.4, 0.5) is 16.2 Å². The largest absolute Gasteiger partial charge is 0.373 e. The number of fused-ring (bicyclic) bond motifs is 2. The van der Waals surface area contributed by atoms with E-state index in [-0.39, 0.29) is 12.1 Å². The first kappa shape index (κ1) is 17.9. The number of rotatable bonds is 5. The van der Waals surface area contributed by atoms with Crippen molar-refractivity contribution in [2.24, 2.45) is 11.7 Å². The number of halogens is 1. The Kier molecular flexibility index (Phi) is 4.99. The Balaban J connectivity index is 1.37. The zero-order valence-electron chi connectivity index (χ0n) is 15.2. The van der Waals surface area contributed by atoms with Crippen molar-refractivity contribution in [3.8, 4) is 0 Å². The average molecular weight is 379 g/mol. The number of amides is 2. The van der Waals surface area contributed by atoms with Gasteiger partial charge in [0, 0.05) is 37.4 Å². The van der Waals surface area contributed by atoms with Gasteiger partial charge in [0.1, 0.15) is 0 Å². The second-order valence-corrected chi connectivity index (χ2v) is 8.22. The number of hydrogen-bond donors (Lipinski definition) is 2. The van der Waals surface area contributed by atoms with Gasteiger partial charge in [-0.05, 0) is 43.4 Å². The highest BCUT2D eigenvalue weighted by Gasteiger charge is 2.46. The molecule has 26 heavy (non-hydrogen) atoms. The van der Waals surface area contributed by atoms with Crippen LogP contribution in [-0.2, 0) is 4.74 Å². The van der Waals surface area contributed by atoms with Crippen molar-refractivity contribution in [1.82, 2.24) is 4.90 Å². The van der Waals surface area contributed by atoms with Crippen LogP contribution in [0.1, 0.15) is 26.2 Å². The van der Waals surface area contributed by atoms with Crippen molar-refractivity contribution in [1.29, 1.82) is 0 Å². The molecule has 0 spiro atoms. The number of nitrogens with one attached hydrogen (secondary N) is 1. The predicted molar refractivity (Wildman–Crippen MR) is 104 cm³/mol. The number of hydrogen-bond acceptors (Lipinski definition) is 4. The van der Waals surface area contributed by atoms with Crippen molar-refractivity contribution in [2.45, 2.75) is 44.4 Å². The predicted octanol–water partition coefficient (Wildman–Crippen LogP) is 2.91. The van der Waals surface area contributed by atoms with E-state index >= 15 is 0 Å².